The number of nitrogens with one attached hydrogen (secondary N) is 3. The number of halogens is 1. The van der Waals surface area contributed by atoms with E-state index in [4.69, 9.17) is 16.3 Å². The molecule has 168 valence electrons. The number of carbonyl (C=O) groups excluding carboxylic acids is 3. The van der Waals surface area contributed by atoms with Crippen LogP contribution in [-0.2, 0) is 20.9 Å². The molecule has 0 spiro atoms. The van der Waals surface area contributed by atoms with Gasteiger partial charge in [-0.05, 0) is 36.6 Å². The molecule has 0 unspecified atom stereocenters. The molecule has 9 heteroatoms. The number of amides is 4. The van der Waals surface area contributed by atoms with Crippen molar-refractivity contribution in [3.05, 3.63) is 64.7 Å². The molecule has 0 saturated carbocycles. The van der Waals surface area contributed by atoms with E-state index in [9.17, 15) is 14.4 Å². The van der Waals surface area contributed by atoms with E-state index in [2.05, 4.69) is 16.0 Å². The Kier molecular flexibility index (Phi) is 6.62. The molecule has 32 heavy (non-hydrogen) atoms. The van der Waals surface area contributed by atoms with Crippen LogP contribution in [0.15, 0.2) is 48.5 Å². The minimum atomic E-state index is -0.732. The Morgan fingerprint density at radius 2 is 2.00 bits per heavy atom. The molecule has 2 saturated heterocycles. The third-order valence-electron chi connectivity index (χ3n) is 5.66. The van der Waals surface area contributed by atoms with Gasteiger partial charge >= 0.3 is 6.03 Å². The predicted molar refractivity (Wildman–Crippen MR) is 120 cm³/mol. The molecule has 4 rings (SSSR count). The van der Waals surface area contributed by atoms with Crippen LogP contribution < -0.4 is 16.0 Å². The number of carbonyl (C=O) groups is 3. The fourth-order valence-electron chi connectivity index (χ4n) is 3.97. The predicted octanol–water partition coefficient (Wildman–Crippen LogP) is 2.45. The molecule has 4 amide bonds. The monoisotopic (exact) mass is 456 g/mol. The summed E-state index contributed by atoms with van der Waals surface area (Å²) in [6.07, 6.45) is 0.358. The van der Waals surface area contributed by atoms with Crippen LogP contribution in [0.1, 0.15) is 17.5 Å². The van der Waals surface area contributed by atoms with Crippen molar-refractivity contribution in [2.75, 3.05) is 18.5 Å². The molecule has 0 bridgehead atoms. The highest BCUT2D eigenvalue weighted by atomic mass is 35.5. The van der Waals surface area contributed by atoms with Crippen LogP contribution in [0.2, 0.25) is 5.02 Å². The van der Waals surface area contributed by atoms with Gasteiger partial charge in [-0.15, -0.1) is 0 Å². The SMILES string of the molecule is Cc1ccc(NC(=O)N[C@H]2C[C@H]3C(=O)N[C@@H](COCc4ccccc4)C(=O)N3C2)cc1Cl. The molecule has 0 radical (unpaired) electrons. The Morgan fingerprint density at radius 3 is 2.75 bits per heavy atom. The first-order valence-electron chi connectivity index (χ1n) is 10.5. The van der Waals surface area contributed by atoms with E-state index >= 15 is 0 Å². The summed E-state index contributed by atoms with van der Waals surface area (Å²) in [6.45, 7) is 2.60. The average molecular weight is 457 g/mol. The van der Waals surface area contributed by atoms with Gasteiger partial charge in [-0.1, -0.05) is 48.0 Å². The first-order valence-corrected chi connectivity index (χ1v) is 10.8. The molecule has 0 aliphatic carbocycles. The van der Waals surface area contributed by atoms with Gasteiger partial charge in [0.15, 0.2) is 0 Å². The molecule has 2 heterocycles. The van der Waals surface area contributed by atoms with Gasteiger partial charge in [0.1, 0.15) is 12.1 Å². The number of hydrogen-bond acceptors (Lipinski definition) is 4. The first kappa shape index (κ1) is 22.1. The van der Waals surface area contributed by atoms with Gasteiger partial charge in [0.2, 0.25) is 11.8 Å². The number of benzene rings is 2. The summed E-state index contributed by atoms with van der Waals surface area (Å²) in [7, 11) is 0. The number of rotatable bonds is 6. The molecule has 2 aliphatic heterocycles. The summed E-state index contributed by atoms with van der Waals surface area (Å²) in [5.41, 5.74) is 2.47. The van der Waals surface area contributed by atoms with Gasteiger partial charge in [0.05, 0.1) is 19.3 Å². The Hall–Kier alpha value is -3.10. The zero-order valence-electron chi connectivity index (χ0n) is 17.6. The molecular formula is C23H25ClN4O4. The molecule has 2 aliphatic rings. The van der Waals surface area contributed by atoms with Crippen LogP contribution in [0, 0.1) is 6.92 Å². The number of urea groups is 1. The van der Waals surface area contributed by atoms with Crippen molar-refractivity contribution < 1.29 is 19.1 Å². The maximum atomic E-state index is 12.9. The van der Waals surface area contributed by atoms with Crippen molar-refractivity contribution >= 4 is 35.1 Å². The van der Waals surface area contributed by atoms with Crippen molar-refractivity contribution in [3.63, 3.8) is 0 Å². The number of ether oxygens (including phenoxy) is 1. The van der Waals surface area contributed by atoms with E-state index in [1.807, 2.05) is 43.3 Å². The van der Waals surface area contributed by atoms with Crippen molar-refractivity contribution in [2.24, 2.45) is 0 Å². The van der Waals surface area contributed by atoms with Crippen LogP contribution in [0.5, 0.6) is 0 Å². The quantitative estimate of drug-likeness (QED) is 0.621. The minimum Gasteiger partial charge on any atom is -0.374 e. The van der Waals surface area contributed by atoms with Gasteiger partial charge in [0, 0.05) is 17.3 Å². The van der Waals surface area contributed by atoms with Crippen LogP contribution in [0.3, 0.4) is 0 Å². The number of aryl methyl sites for hydroxylation is 1. The molecule has 2 fully saturated rings. The Balaban J connectivity index is 1.30. The van der Waals surface area contributed by atoms with Gasteiger partial charge in [0.25, 0.3) is 0 Å². The van der Waals surface area contributed by atoms with Gasteiger partial charge < -0.3 is 25.6 Å². The number of anilines is 1. The summed E-state index contributed by atoms with van der Waals surface area (Å²) in [6, 6.07) is 12.8. The van der Waals surface area contributed by atoms with Crippen molar-refractivity contribution in [1.29, 1.82) is 0 Å². The van der Waals surface area contributed by atoms with E-state index in [0.717, 1.165) is 11.1 Å². The van der Waals surface area contributed by atoms with Gasteiger partial charge in [-0.25, -0.2) is 4.79 Å². The minimum absolute atomic E-state index is 0.0927. The summed E-state index contributed by atoms with van der Waals surface area (Å²) in [5, 5.41) is 8.88. The lowest BCUT2D eigenvalue weighted by Gasteiger charge is -2.34. The summed E-state index contributed by atoms with van der Waals surface area (Å²) < 4.78 is 5.65. The highest BCUT2D eigenvalue weighted by molar-refractivity contribution is 6.31. The van der Waals surface area contributed by atoms with E-state index in [1.165, 1.54) is 4.90 Å². The normalized spacial score (nSPS) is 22.3. The molecule has 3 atom stereocenters. The molecule has 3 N–H and O–H groups in total. The van der Waals surface area contributed by atoms with Gasteiger partial charge in [-0.2, -0.15) is 0 Å². The summed E-state index contributed by atoms with van der Waals surface area (Å²) in [5.74, 6) is -0.425. The van der Waals surface area contributed by atoms with E-state index in [1.54, 1.807) is 12.1 Å². The highest BCUT2D eigenvalue weighted by Crippen LogP contribution is 2.24. The molecule has 2 aromatic rings. The topological polar surface area (TPSA) is 99.8 Å². The van der Waals surface area contributed by atoms with E-state index < -0.39 is 18.1 Å². The largest absolute Gasteiger partial charge is 0.374 e. The van der Waals surface area contributed by atoms with Crippen LogP contribution in [0.4, 0.5) is 10.5 Å². The van der Waals surface area contributed by atoms with Crippen molar-refractivity contribution in [3.8, 4) is 0 Å². The second-order valence-corrected chi connectivity index (χ2v) is 8.47. The standard InChI is InChI=1S/C23H25ClN4O4/c1-14-7-8-16(9-18(14)24)25-23(31)26-17-10-20-21(29)27-19(22(30)28(20)11-17)13-32-12-15-5-3-2-4-6-15/h2-9,17,19-20H,10-13H2,1H3,(H,27,29)(H2,25,26,31)/t17-,19-,20-/m0/s1. The Morgan fingerprint density at radius 1 is 1.22 bits per heavy atom. The Bertz CT molecular complexity index is 1020. The zero-order chi connectivity index (χ0) is 22.7. The Labute approximate surface area is 191 Å². The number of fused-ring (bicyclic) bond motifs is 1. The van der Waals surface area contributed by atoms with Crippen molar-refractivity contribution in [2.45, 2.75) is 38.1 Å². The lowest BCUT2D eigenvalue weighted by Crippen LogP contribution is -2.62. The number of nitrogens with zero attached hydrogens (tertiary/aromatic N) is 1. The second-order valence-electron chi connectivity index (χ2n) is 8.06. The van der Waals surface area contributed by atoms with E-state index in [-0.39, 0.29) is 31.0 Å². The third kappa shape index (κ3) is 5.03. The van der Waals surface area contributed by atoms with Crippen LogP contribution >= 0.6 is 11.6 Å². The smallest absolute Gasteiger partial charge is 0.319 e. The number of piperazine rings is 1. The fraction of sp³-hybridized carbons (Fsp3) is 0.348. The van der Waals surface area contributed by atoms with Crippen LogP contribution in [-0.4, -0.2) is 54.0 Å². The maximum absolute atomic E-state index is 12.9. The first-order chi connectivity index (χ1) is 15.4. The molecule has 2 aromatic carbocycles. The maximum Gasteiger partial charge on any atom is 0.319 e. The molecule has 8 nitrogen and oxygen atoms in total. The second kappa shape index (κ2) is 9.58. The third-order valence-corrected chi connectivity index (χ3v) is 6.07. The molecule has 0 aromatic heterocycles. The number of hydrogen-bond donors (Lipinski definition) is 3. The van der Waals surface area contributed by atoms with Crippen molar-refractivity contribution in [1.82, 2.24) is 15.5 Å². The molecular weight excluding hydrogens is 432 g/mol. The summed E-state index contributed by atoms with van der Waals surface area (Å²) in [4.78, 5) is 39.3. The lowest BCUT2D eigenvalue weighted by atomic mass is 10.1. The summed E-state index contributed by atoms with van der Waals surface area (Å²) >= 11 is 6.10. The fourth-order valence-corrected chi connectivity index (χ4v) is 4.15. The van der Waals surface area contributed by atoms with E-state index in [0.29, 0.717) is 23.7 Å². The lowest BCUT2D eigenvalue weighted by molar-refractivity contribution is -0.148. The zero-order valence-corrected chi connectivity index (χ0v) is 18.4. The van der Waals surface area contributed by atoms with Gasteiger partial charge in [-0.3, -0.25) is 9.59 Å². The van der Waals surface area contributed by atoms with Crippen LogP contribution in [0.25, 0.3) is 0 Å². The highest BCUT2D eigenvalue weighted by Gasteiger charge is 2.46. The average Bonchev–Trinajstić information content (AvgIpc) is 3.19.